The van der Waals surface area contributed by atoms with E-state index in [1.54, 1.807) is 4.90 Å². The van der Waals surface area contributed by atoms with Crippen LogP contribution in [0.15, 0.2) is 41.5 Å². The number of piperidine rings is 1. The number of rotatable bonds is 5. The highest BCUT2D eigenvalue weighted by atomic mass is 19.4. The molecule has 0 aromatic carbocycles. The molecule has 0 unspecified atom stereocenters. The quantitative estimate of drug-likeness (QED) is 0.430. The molecule has 4 rings (SSSR count). The van der Waals surface area contributed by atoms with Crippen LogP contribution in [-0.4, -0.2) is 44.7 Å². The van der Waals surface area contributed by atoms with E-state index in [2.05, 4.69) is 9.97 Å². The van der Waals surface area contributed by atoms with E-state index < -0.39 is 58.1 Å². The maximum atomic E-state index is 14.4. The largest absolute Gasteiger partial charge is 0.476 e. The fraction of sp³-hybridized carbons (Fsp3) is 0.417. The minimum Gasteiger partial charge on any atom is -0.476 e. The van der Waals surface area contributed by atoms with Gasteiger partial charge in [0.05, 0.1) is 11.3 Å². The van der Waals surface area contributed by atoms with Crippen molar-refractivity contribution in [2.45, 2.75) is 45.1 Å². The van der Waals surface area contributed by atoms with E-state index in [9.17, 15) is 41.0 Å². The molecule has 4 heterocycles. The summed E-state index contributed by atoms with van der Waals surface area (Å²) in [6.07, 6.45) is -7.45. The number of alkyl halides is 6. The van der Waals surface area contributed by atoms with Crippen molar-refractivity contribution in [1.82, 2.24) is 14.4 Å². The summed E-state index contributed by atoms with van der Waals surface area (Å²) >= 11 is 0. The number of hydrogen-bond acceptors (Lipinski definition) is 6. The van der Waals surface area contributed by atoms with Gasteiger partial charge in [-0.3, -0.25) is 9.20 Å². The first-order valence-corrected chi connectivity index (χ1v) is 11.5. The van der Waals surface area contributed by atoms with E-state index >= 15 is 0 Å². The maximum absolute atomic E-state index is 14.4. The number of aromatic nitrogens is 3. The van der Waals surface area contributed by atoms with E-state index in [0.29, 0.717) is 36.5 Å². The SMILES string of the molecule is CC1(C)CCN(c2cc(=O)n3cc(C(F)(F)F)cc([C@H](Nc4cccnc4C(=O)O)C(F)(F)F)c3n2)CC1. The van der Waals surface area contributed by atoms with Crippen LogP contribution in [-0.2, 0) is 6.18 Å². The molecule has 3 aromatic rings. The van der Waals surface area contributed by atoms with Gasteiger partial charge in [0.2, 0.25) is 0 Å². The Bertz CT molecular complexity index is 1420. The lowest BCUT2D eigenvalue weighted by Crippen LogP contribution is -2.38. The lowest BCUT2D eigenvalue weighted by molar-refractivity contribution is -0.145. The molecular formula is C24H23F6N5O3. The monoisotopic (exact) mass is 543 g/mol. The number of fused-ring (bicyclic) bond motifs is 1. The van der Waals surface area contributed by atoms with Gasteiger partial charge in [-0.25, -0.2) is 14.8 Å². The predicted octanol–water partition coefficient (Wildman–Crippen LogP) is 5.15. The fourth-order valence-corrected chi connectivity index (χ4v) is 4.27. The third kappa shape index (κ3) is 5.53. The zero-order valence-corrected chi connectivity index (χ0v) is 20.2. The minimum absolute atomic E-state index is 0.00598. The summed E-state index contributed by atoms with van der Waals surface area (Å²) in [7, 11) is 0. The zero-order valence-electron chi connectivity index (χ0n) is 20.2. The van der Waals surface area contributed by atoms with Gasteiger partial charge in [0.15, 0.2) is 11.7 Å². The summed E-state index contributed by atoms with van der Waals surface area (Å²) in [5.74, 6) is -1.60. The van der Waals surface area contributed by atoms with Gasteiger partial charge in [-0.05, 0) is 36.5 Å². The zero-order chi connectivity index (χ0) is 28.0. The predicted molar refractivity (Wildman–Crippen MR) is 125 cm³/mol. The molecule has 1 saturated heterocycles. The average Bonchev–Trinajstić information content (AvgIpc) is 2.81. The van der Waals surface area contributed by atoms with Crippen LogP contribution in [0.25, 0.3) is 5.65 Å². The maximum Gasteiger partial charge on any atom is 0.417 e. The lowest BCUT2D eigenvalue weighted by Gasteiger charge is -2.37. The molecule has 0 amide bonds. The highest BCUT2D eigenvalue weighted by Gasteiger charge is 2.44. The standard InChI is InChI=1S/C24H23F6N5O3/c1-22(2)5-8-34(9-6-22)16-11-17(36)35-12-13(23(25,26)27)10-14(20(35)33-16)19(24(28,29)30)32-15-4-3-7-31-18(15)21(37)38/h3-4,7,10-12,19,32H,5-6,8-9H2,1-2H3,(H,37,38)/t19-/m0/s1. The Morgan fingerprint density at radius 2 is 1.79 bits per heavy atom. The smallest absolute Gasteiger partial charge is 0.417 e. The molecule has 14 heteroatoms. The molecule has 0 aliphatic carbocycles. The topological polar surface area (TPSA) is 99.8 Å². The van der Waals surface area contributed by atoms with Crippen LogP contribution in [0.5, 0.6) is 0 Å². The van der Waals surface area contributed by atoms with Crippen LogP contribution in [0.2, 0.25) is 0 Å². The Kier molecular flexibility index (Phi) is 6.78. The van der Waals surface area contributed by atoms with E-state index in [0.717, 1.165) is 18.3 Å². The third-order valence-electron chi connectivity index (χ3n) is 6.49. The number of anilines is 2. The number of aromatic carboxylic acids is 1. The number of carboxylic acid groups (broad SMARTS) is 1. The van der Waals surface area contributed by atoms with Crippen molar-refractivity contribution in [1.29, 1.82) is 0 Å². The second-order valence-corrected chi connectivity index (χ2v) is 9.80. The summed E-state index contributed by atoms with van der Waals surface area (Å²) < 4.78 is 84.7. The Labute approximate surface area is 211 Å². The number of carboxylic acids is 1. The van der Waals surface area contributed by atoms with Crippen molar-refractivity contribution in [3.05, 3.63) is 63.8 Å². The molecule has 1 aliphatic heterocycles. The number of carbonyl (C=O) groups is 1. The minimum atomic E-state index is -5.22. The summed E-state index contributed by atoms with van der Waals surface area (Å²) in [6, 6.07) is 0.586. The average molecular weight is 543 g/mol. The molecule has 204 valence electrons. The number of halogens is 6. The second-order valence-electron chi connectivity index (χ2n) is 9.80. The number of nitrogens with one attached hydrogen (secondary N) is 1. The fourth-order valence-electron chi connectivity index (χ4n) is 4.27. The molecule has 1 atom stereocenters. The van der Waals surface area contributed by atoms with E-state index in [1.165, 1.54) is 6.07 Å². The molecule has 8 nitrogen and oxygen atoms in total. The van der Waals surface area contributed by atoms with Gasteiger partial charge >= 0.3 is 18.3 Å². The van der Waals surface area contributed by atoms with Crippen LogP contribution in [0.4, 0.5) is 37.8 Å². The Balaban J connectivity index is 1.94. The second kappa shape index (κ2) is 9.48. The molecule has 1 fully saturated rings. The Morgan fingerprint density at radius 1 is 1.13 bits per heavy atom. The Hall–Kier alpha value is -3.84. The van der Waals surface area contributed by atoms with Gasteiger partial charge in [0, 0.05) is 37.1 Å². The van der Waals surface area contributed by atoms with E-state index in [1.807, 2.05) is 19.2 Å². The first-order chi connectivity index (χ1) is 17.6. The number of nitrogens with zero attached hydrogens (tertiary/aromatic N) is 4. The molecular weight excluding hydrogens is 520 g/mol. The van der Waals surface area contributed by atoms with Crippen molar-refractivity contribution < 1.29 is 36.2 Å². The van der Waals surface area contributed by atoms with Crippen LogP contribution in [0.1, 0.15) is 54.3 Å². The summed E-state index contributed by atoms with van der Waals surface area (Å²) in [4.78, 5) is 33.9. The van der Waals surface area contributed by atoms with Gasteiger partial charge in [0.1, 0.15) is 11.5 Å². The van der Waals surface area contributed by atoms with Crippen molar-refractivity contribution in [3.8, 4) is 0 Å². The molecule has 3 aromatic heterocycles. The van der Waals surface area contributed by atoms with Crippen LogP contribution in [0.3, 0.4) is 0 Å². The number of hydrogen-bond donors (Lipinski definition) is 2. The van der Waals surface area contributed by atoms with Crippen molar-refractivity contribution in [2.24, 2.45) is 5.41 Å². The normalized spacial score (nSPS) is 16.9. The first-order valence-electron chi connectivity index (χ1n) is 11.5. The molecule has 1 aliphatic rings. The molecule has 0 saturated carbocycles. The Morgan fingerprint density at radius 3 is 2.37 bits per heavy atom. The van der Waals surface area contributed by atoms with Crippen molar-refractivity contribution in [2.75, 3.05) is 23.3 Å². The molecule has 38 heavy (non-hydrogen) atoms. The molecule has 2 N–H and O–H groups in total. The van der Waals surface area contributed by atoms with Crippen molar-refractivity contribution >= 4 is 23.1 Å². The van der Waals surface area contributed by atoms with E-state index in [4.69, 9.17) is 0 Å². The molecule has 0 spiro atoms. The lowest BCUT2D eigenvalue weighted by atomic mass is 9.83. The molecule has 0 radical (unpaired) electrons. The third-order valence-corrected chi connectivity index (χ3v) is 6.49. The van der Waals surface area contributed by atoms with Crippen LogP contribution in [0, 0.1) is 5.41 Å². The van der Waals surface area contributed by atoms with Gasteiger partial charge in [-0.1, -0.05) is 13.8 Å². The summed E-state index contributed by atoms with van der Waals surface area (Å²) in [6.45, 7) is 4.99. The van der Waals surface area contributed by atoms with Crippen LogP contribution >= 0.6 is 0 Å². The van der Waals surface area contributed by atoms with Crippen LogP contribution < -0.4 is 15.8 Å². The highest BCUT2D eigenvalue weighted by Crippen LogP contribution is 2.40. The van der Waals surface area contributed by atoms with Gasteiger partial charge in [-0.2, -0.15) is 26.3 Å². The summed E-state index contributed by atoms with van der Waals surface area (Å²) in [5, 5.41) is 11.3. The number of pyridine rings is 2. The summed E-state index contributed by atoms with van der Waals surface area (Å²) in [5.41, 5.74) is -5.46. The van der Waals surface area contributed by atoms with E-state index in [-0.39, 0.29) is 17.3 Å². The highest BCUT2D eigenvalue weighted by molar-refractivity contribution is 5.92. The van der Waals surface area contributed by atoms with Gasteiger partial charge in [0.25, 0.3) is 5.56 Å². The first kappa shape index (κ1) is 27.2. The van der Waals surface area contributed by atoms with Crippen molar-refractivity contribution in [3.63, 3.8) is 0 Å². The van der Waals surface area contributed by atoms with Gasteiger partial charge < -0.3 is 15.3 Å². The molecule has 0 bridgehead atoms. The van der Waals surface area contributed by atoms with Gasteiger partial charge in [-0.15, -0.1) is 0 Å².